The largest absolute Gasteiger partial charge is 0.483 e. The summed E-state index contributed by atoms with van der Waals surface area (Å²) in [5.74, 6) is -3.54. The van der Waals surface area contributed by atoms with Crippen LogP contribution in [0.1, 0.15) is 43.2 Å². The second-order valence-electron chi connectivity index (χ2n) is 7.02. The number of nitrogens with one attached hydrogen (secondary N) is 1. The Morgan fingerprint density at radius 2 is 1.69 bits per heavy atom. The van der Waals surface area contributed by atoms with Crippen LogP contribution >= 0.6 is 0 Å². The lowest BCUT2D eigenvalue weighted by Gasteiger charge is -2.22. The first-order valence-electron chi connectivity index (χ1n) is 9.14. The fraction of sp³-hybridized carbons (Fsp3) is 0.429. The Balaban J connectivity index is 1.67. The molecule has 1 fully saturated rings. The molecule has 0 aromatic heterocycles. The van der Waals surface area contributed by atoms with Gasteiger partial charge in [0, 0.05) is 12.6 Å². The lowest BCUT2D eigenvalue weighted by molar-refractivity contribution is 0.268. The molecule has 0 unspecified atom stereocenters. The third-order valence-electron chi connectivity index (χ3n) is 4.93. The van der Waals surface area contributed by atoms with Crippen molar-refractivity contribution >= 4 is 5.69 Å². The third-order valence-corrected chi connectivity index (χ3v) is 4.93. The second-order valence-corrected chi connectivity index (χ2v) is 7.02. The molecule has 2 aromatic rings. The van der Waals surface area contributed by atoms with E-state index in [4.69, 9.17) is 4.74 Å². The van der Waals surface area contributed by atoms with Gasteiger partial charge in [0.05, 0.1) is 5.69 Å². The second kappa shape index (κ2) is 8.47. The normalized spacial score (nSPS) is 15.1. The molecule has 5 heteroatoms. The van der Waals surface area contributed by atoms with E-state index >= 15 is 0 Å². The van der Waals surface area contributed by atoms with Crippen molar-refractivity contribution in [3.8, 4) is 5.75 Å². The molecule has 1 saturated carbocycles. The number of halogens is 3. The molecule has 26 heavy (non-hydrogen) atoms. The molecular weight excluding hydrogens is 339 g/mol. The van der Waals surface area contributed by atoms with Crippen molar-refractivity contribution in [3.05, 3.63) is 58.9 Å². The van der Waals surface area contributed by atoms with Crippen molar-refractivity contribution in [1.29, 1.82) is 0 Å². The first-order valence-corrected chi connectivity index (χ1v) is 9.14. The summed E-state index contributed by atoms with van der Waals surface area (Å²) in [7, 11) is 0. The molecule has 0 radical (unpaired) electrons. The zero-order chi connectivity index (χ0) is 18.5. The first kappa shape index (κ1) is 18.6. The van der Waals surface area contributed by atoms with Crippen molar-refractivity contribution in [2.75, 3.05) is 11.9 Å². The van der Waals surface area contributed by atoms with Crippen LogP contribution in [0, 0.1) is 30.3 Å². The number of aryl methyl sites for hydroxylation is 1. The molecule has 1 N–H and O–H groups in total. The fourth-order valence-corrected chi connectivity index (χ4v) is 3.32. The minimum absolute atomic E-state index is 0.0254. The highest BCUT2D eigenvalue weighted by Crippen LogP contribution is 2.31. The van der Waals surface area contributed by atoms with E-state index in [1.54, 1.807) is 0 Å². The molecule has 0 aliphatic heterocycles. The van der Waals surface area contributed by atoms with Gasteiger partial charge >= 0.3 is 0 Å². The Morgan fingerprint density at radius 1 is 1.00 bits per heavy atom. The molecule has 3 rings (SSSR count). The summed E-state index contributed by atoms with van der Waals surface area (Å²) in [6, 6.07) is 8.35. The smallest absolute Gasteiger partial charge is 0.205 e. The molecule has 140 valence electrons. The van der Waals surface area contributed by atoms with Gasteiger partial charge in [-0.3, -0.25) is 0 Å². The summed E-state index contributed by atoms with van der Waals surface area (Å²) < 4.78 is 48.0. The standard InChI is InChI=1S/C21H24F3NO/c1-14-7-9-16(10-8-14)13-26-21-17(22)11-18(19(23)20(21)24)25-12-15-5-3-2-4-6-15/h7-11,15,25H,2-6,12-13H2,1H3. The van der Waals surface area contributed by atoms with Crippen molar-refractivity contribution in [2.24, 2.45) is 5.92 Å². The maximum Gasteiger partial charge on any atom is 0.205 e. The predicted octanol–water partition coefficient (Wildman–Crippen LogP) is 5.98. The van der Waals surface area contributed by atoms with Crippen LogP contribution in [-0.2, 0) is 6.61 Å². The van der Waals surface area contributed by atoms with Crippen LogP contribution in [0.15, 0.2) is 30.3 Å². The summed E-state index contributed by atoms with van der Waals surface area (Å²) in [5, 5.41) is 2.86. The number of anilines is 1. The first-order chi connectivity index (χ1) is 12.5. The topological polar surface area (TPSA) is 21.3 Å². The van der Waals surface area contributed by atoms with Crippen LogP contribution in [0.4, 0.5) is 18.9 Å². The highest BCUT2D eigenvalue weighted by atomic mass is 19.2. The van der Waals surface area contributed by atoms with Gasteiger partial charge in [0.1, 0.15) is 6.61 Å². The highest BCUT2D eigenvalue weighted by Gasteiger charge is 2.21. The van der Waals surface area contributed by atoms with Crippen molar-refractivity contribution in [2.45, 2.75) is 45.6 Å². The Labute approximate surface area is 152 Å². The van der Waals surface area contributed by atoms with E-state index in [-0.39, 0.29) is 12.3 Å². The van der Waals surface area contributed by atoms with Gasteiger partial charge in [0.15, 0.2) is 17.4 Å². The van der Waals surface area contributed by atoms with Gasteiger partial charge in [-0.1, -0.05) is 49.1 Å². The van der Waals surface area contributed by atoms with Gasteiger partial charge in [0.2, 0.25) is 5.82 Å². The predicted molar refractivity (Wildman–Crippen MR) is 96.9 cm³/mol. The highest BCUT2D eigenvalue weighted by molar-refractivity contribution is 5.50. The molecular formula is C21H24F3NO. The number of hydrogen-bond donors (Lipinski definition) is 1. The Morgan fingerprint density at radius 3 is 2.38 bits per heavy atom. The van der Waals surface area contributed by atoms with E-state index in [0.29, 0.717) is 12.5 Å². The SMILES string of the molecule is Cc1ccc(COc2c(F)cc(NCC3CCCCC3)c(F)c2F)cc1. The number of benzene rings is 2. The van der Waals surface area contributed by atoms with Gasteiger partial charge in [-0.15, -0.1) is 0 Å². The van der Waals surface area contributed by atoms with Crippen molar-refractivity contribution in [1.82, 2.24) is 0 Å². The number of rotatable bonds is 6. The summed E-state index contributed by atoms with van der Waals surface area (Å²) in [6.45, 7) is 2.44. The Hall–Kier alpha value is -2.17. The van der Waals surface area contributed by atoms with Crippen LogP contribution in [-0.4, -0.2) is 6.54 Å². The molecule has 0 heterocycles. The molecule has 0 saturated heterocycles. The Bertz CT molecular complexity index is 740. The lowest BCUT2D eigenvalue weighted by Crippen LogP contribution is -2.18. The molecule has 0 atom stereocenters. The minimum atomic E-state index is -1.29. The van der Waals surface area contributed by atoms with Gasteiger partial charge in [-0.25, -0.2) is 8.78 Å². The van der Waals surface area contributed by atoms with E-state index in [2.05, 4.69) is 5.32 Å². The van der Waals surface area contributed by atoms with E-state index in [9.17, 15) is 13.2 Å². The monoisotopic (exact) mass is 363 g/mol. The molecule has 2 nitrogen and oxygen atoms in total. The Kier molecular flexibility index (Phi) is 6.07. The fourth-order valence-electron chi connectivity index (χ4n) is 3.32. The van der Waals surface area contributed by atoms with Crippen LogP contribution in [0.2, 0.25) is 0 Å². The maximum absolute atomic E-state index is 14.3. The minimum Gasteiger partial charge on any atom is -0.483 e. The average Bonchev–Trinajstić information content (AvgIpc) is 2.66. The molecule has 1 aliphatic rings. The zero-order valence-corrected chi connectivity index (χ0v) is 15.0. The van der Waals surface area contributed by atoms with E-state index in [1.165, 1.54) is 6.42 Å². The molecule has 0 bridgehead atoms. The van der Waals surface area contributed by atoms with Gasteiger partial charge < -0.3 is 10.1 Å². The van der Waals surface area contributed by atoms with E-state index in [0.717, 1.165) is 42.9 Å². The van der Waals surface area contributed by atoms with Gasteiger partial charge in [-0.05, 0) is 31.2 Å². The van der Waals surface area contributed by atoms with E-state index in [1.807, 2.05) is 31.2 Å². The summed E-state index contributed by atoms with van der Waals surface area (Å²) >= 11 is 0. The maximum atomic E-state index is 14.3. The van der Waals surface area contributed by atoms with Crippen LogP contribution in [0.3, 0.4) is 0 Å². The molecule has 2 aromatic carbocycles. The van der Waals surface area contributed by atoms with E-state index < -0.39 is 23.2 Å². The lowest BCUT2D eigenvalue weighted by atomic mass is 9.89. The van der Waals surface area contributed by atoms with Gasteiger partial charge in [-0.2, -0.15) is 4.39 Å². The summed E-state index contributed by atoms with van der Waals surface area (Å²) in [4.78, 5) is 0. The zero-order valence-electron chi connectivity index (χ0n) is 15.0. The molecule has 0 spiro atoms. The number of ether oxygens (including phenoxy) is 1. The average molecular weight is 363 g/mol. The summed E-state index contributed by atoms with van der Waals surface area (Å²) in [6.07, 6.45) is 5.67. The van der Waals surface area contributed by atoms with Crippen LogP contribution < -0.4 is 10.1 Å². The van der Waals surface area contributed by atoms with Gasteiger partial charge in [0.25, 0.3) is 0 Å². The molecule has 0 amide bonds. The quantitative estimate of drug-likeness (QED) is 0.637. The van der Waals surface area contributed by atoms with Crippen molar-refractivity contribution < 1.29 is 17.9 Å². The molecule has 1 aliphatic carbocycles. The third kappa shape index (κ3) is 4.51. The van der Waals surface area contributed by atoms with Crippen LogP contribution in [0.25, 0.3) is 0 Å². The summed E-state index contributed by atoms with van der Waals surface area (Å²) in [5.41, 5.74) is 1.69. The number of hydrogen-bond acceptors (Lipinski definition) is 2. The van der Waals surface area contributed by atoms with Crippen LogP contribution in [0.5, 0.6) is 5.75 Å². The van der Waals surface area contributed by atoms with Crippen molar-refractivity contribution in [3.63, 3.8) is 0 Å².